The minimum atomic E-state index is 0.0194. The SMILES string of the molecule is COc1ccc(CCc2cc(OC)c(OC)c(OCCOCCOCCOCCOCCOCCO)c2)cc1OC. The molecule has 11 heteroatoms. The van der Waals surface area contributed by atoms with Gasteiger partial charge in [0, 0.05) is 0 Å². The van der Waals surface area contributed by atoms with Gasteiger partial charge in [-0.25, -0.2) is 0 Å². The number of benzene rings is 2. The summed E-state index contributed by atoms with van der Waals surface area (Å²) in [6.07, 6.45) is 1.58. The zero-order valence-corrected chi connectivity index (χ0v) is 24.8. The highest BCUT2D eigenvalue weighted by atomic mass is 16.6. The Balaban J connectivity index is 1.65. The van der Waals surface area contributed by atoms with Crippen molar-refractivity contribution in [2.24, 2.45) is 0 Å². The predicted octanol–water partition coefficient (Wildman–Crippen LogP) is 2.96. The number of aryl methyl sites for hydroxylation is 2. The largest absolute Gasteiger partial charge is 0.493 e. The van der Waals surface area contributed by atoms with E-state index in [1.807, 2.05) is 30.3 Å². The summed E-state index contributed by atoms with van der Waals surface area (Å²) >= 11 is 0. The van der Waals surface area contributed by atoms with Gasteiger partial charge >= 0.3 is 0 Å². The van der Waals surface area contributed by atoms with Gasteiger partial charge in [0.1, 0.15) is 6.61 Å². The van der Waals surface area contributed by atoms with Gasteiger partial charge in [-0.15, -0.1) is 0 Å². The summed E-state index contributed by atoms with van der Waals surface area (Å²) in [5, 5.41) is 8.61. The molecular formula is C30H46O11. The molecule has 2 rings (SSSR count). The van der Waals surface area contributed by atoms with E-state index < -0.39 is 0 Å². The van der Waals surface area contributed by atoms with Crippen LogP contribution in [0.5, 0.6) is 28.7 Å². The van der Waals surface area contributed by atoms with Crippen LogP contribution < -0.4 is 23.7 Å². The standard InChI is InChI=1S/C30H46O11/c1-32-26-8-7-24(21-27(26)33-2)5-6-25-22-28(34-3)30(35-4)29(23-25)41-20-19-40-18-17-39-16-15-38-14-13-37-12-11-36-10-9-31/h7-8,21-23,31H,5-6,9-20H2,1-4H3. The van der Waals surface area contributed by atoms with Crippen molar-refractivity contribution in [2.75, 3.05) is 108 Å². The minimum Gasteiger partial charge on any atom is -0.493 e. The molecule has 2 aromatic carbocycles. The fourth-order valence-electron chi connectivity index (χ4n) is 3.82. The van der Waals surface area contributed by atoms with Crippen LogP contribution in [0.25, 0.3) is 0 Å². The molecule has 0 heterocycles. The van der Waals surface area contributed by atoms with E-state index >= 15 is 0 Å². The number of hydrogen-bond donors (Lipinski definition) is 1. The fraction of sp³-hybridized carbons (Fsp3) is 0.600. The third kappa shape index (κ3) is 13.6. The molecule has 2 aromatic rings. The summed E-state index contributed by atoms with van der Waals surface area (Å²) in [7, 11) is 6.46. The normalized spacial score (nSPS) is 11.0. The molecule has 1 N–H and O–H groups in total. The van der Waals surface area contributed by atoms with Gasteiger partial charge in [0.2, 0.25) is 5.75 Å². The lowest BCUT2D eigenvalue weighted by molar-refractivity contribution is -0.0147. The van der Waals surface area contributed by atoms with Crippen LogP contribution in [0, 0.1) is 0 Å². The average molecular weight is 583 g/mol. The van der Waals surface area contributed by atoms with Crippen molar-refractivity contribution in [3.05, 3.63) is 41.5 Å². The maximum Gasteiger partial charge on any atom is 0.203 e. The van der Waals surface area contributed by atoms with Gasteiger partial charge in [-0.1, -0.05) is 6.07 Å². The Bertz CT molecular complexity index is 954. The molecule has 11 nitrogen and oxygen atoms in total. The molecule has 0 fully saturated rings. The molecule has 0 aliphatic heterocycles. The van der Waals surface area contributed by atoms with E-state index in [1.54, 1.807) is 28.4 Å². The highest BCUT2D eigenvalue weighted by molar-refractivity contribution is 5.54. The molecule has 0 saturated heterocycles. The number of rotatable bonds is 25. The van der Waals surface area contributed by atoms with Gasteiger partial charge < -0.3 is 52.5 Å². The molecule has 0 aliphatic rings. The van der Waals surface area contributed by atoms with E-state index in [-0.39, 0.29) is 6.61 Å². The first-order valence-corrected chi connectivity index (χ1v) is 13.7. The van der Waals surface area contributed by atoms with Gasteiger partial charge in [0.05, 0.1) is 101 Å². The molecule has 0 bridgehead atoms. The van der Waals surface area contributed by atoms with Crippen molar-refractivity contribution in [2.45, 2.75) is 12.8 Å². The monoisotopic (exact) mass is 582 g/mol. The average Bonchev–Trinajstić information content (AvgIpc) is 3.00. The quantitative estimate of drug-likeness (QED) is 0.174. The van der Waals surface area contributed by atoms with Crippen molar-refractivity contribution in [3.8, 4) is 28.7 Å². The number of ether oxygens (including phenoxy) is 10. The second-order valence-corrected chi connectivity index (χ2v) is 8.65. The summed E-state index contributed by atoms with van der Waals surface area (Å²) in [6, 6.07) is 9.87. The highest BCUT2D eigenvalue weighted by Crippen LogP contribution is 2.39. The van der Waals surface area contributed by atoms with Crippen molar-refractivity contribution in [1.29, 1.82) is 0 Å². The first-order chi connectivity index (χ1) is 20.2. The van der Waals surface area contributed by atoms with Crippen LogP contribution in [-0.2, 0) is 36.5 Å². The van der Waals surface area contributed by atoms with E-state index in [2.05, 4.69) is 0 Å². The van der Waals surface area contributed by atoms with Crippen LogP contribution in [0.2, 0.25) is 0 Å². The molecule has 0 aliphatic carbocycles. The summed E-state index contributed by atoms with van der Waals surface area (Å²) in [5.74, 6) is 3.18. The molecule has 0 aromatic heterocycles. The van der Waals surface area contributed by atoms with Crippen molar-refractivity contribution >= 4 is 0 Å². The Kier molecular flexibility index (Phi) is 18.4. The first-order valence-electron chi connectivity index (χ1n) is 13.7. The second-order valence-electron chi connectivity index (χ2n) is 8.65. The summed E-state index contributed by atoms with van der Waals surface area (Å²) in [4.78, 5) is 0. The van der Waals surface area contributed by atoms with Crippen molar-refractivity contribution < 1.29 is 52.5 Å². The van der Waals surface area contributed by atoms with Crippen LogP contribution >= 0.6 is 0 Å². The number of hydrogen-bond acceptors (Lipinski definition) is 11. The Morgan fingerprint density at radius 1 is 0.463 bits per heavy atom. The first kappa shape index (κ1) is 34.4. The Hall–Kier alpha value is -2.80. The Labute approximate surface area is 243 Å². The third-order valence-electron chi connectivity index (χ3n) is 5.86. The van der Waals surface area contributed by atoms with Crippen LogP contribution in [0.15, 0.2) is 30.3 Å². The molecule has 0 saturated carbocycles. The maximum atomic E-state index is 8.61. The van der Waals surface area contributed by atoms with Crippen molar-refractivity contribution in [3.63, 3.8) is 0 Å². The lowest BCUT2D eigenvalue weighted by atomic mass is 10.0. The summed E-state index contributed by atoms with van der Waals surface area (Å²) in [6.45, 7) is 4.90. The zero-order chi connectivity index (χ0) is 29.5. The Morgan fingerprint density at radius 3 is 1.44 bits per heavy atom. The van der Waals surface area contributed by atoms with E-state index in [1.165, 1.54) is 0 Å². The predicted molar refractivity (Wildman–Crippen MR) is 153 cm³/mol. The molecule has 232 valence electrons. The van der Waals surface area contributed by atoms with Gasteiger partial charge in [0.15, 0.2) is 23.0 Å². The summed E-state index contributed by atoms with van der Waals surface area (Å²) < 4.78 is 54.9. The van der Waals surface area contributed by atoms with Crippen LogP contribution in [-0.4, -0.2) is 113 Å². The molecule has 0 unspecified atom stereocenters. The lowest BCUT2D eigenvalue weighted by Gasteiger charge is -2.16. The highest BCUT2D eigenvalue weighted by Gasteiger charge is 2.14. The Morgan fingerprint density at radius 2 is 0.927 bits per heavy atom. The molecule has 0 spiro atoms. The fourth-order valence-corrected chi connectivity index (χ4v) is 3.82. The van der Waals surface area contributed by atoms with E-state index in [9.17, 15) is 0 Å². The third-order valence-corrected chi connectivity index (χ3v) is 5.86. The van der Waals surface area contributed by atoms with E-state index in [0.717, 1.165) is 24.0 Å². The second kappa shape index (κ2) is 21.9. The van der Waals surface area contributed by atoms with Gasteiger partial charge in [0.25, 0.3) is 0 Å². The van der Waals surface area contributed by atoms with E-state index in [4.69, 9.17) is 52.5 Å². The molecule has 41 heavy (non-hydrogen) atoms. The van der Waals surface area contributed by atoms with Gasteiger partial charge in [-0.3, -0.25) is 0 Å². The molecular weight excluding hydrogens is 536 g/mol. The van der Waals surface area contributed by atoms with Crippen LogP contribution in [0.3, 0.4) is 0 Å². The number of aliphatic hydroxyl groups excluding tert-OH is 1. The number of aliphatic hydroxyl groups is 1. The molecule has 0 radical (unpaired) electrons. The van der Waals surface area contributed by atoms with Crippen LogP contribution in [0.1, 0.15) is 11.1 Å². The summed E-state index contributed by atoms with van der Waals surface area (Å²) in [5.41, 5.74) is 2.19. The lowest BCUT2D eigenvalue weighted by Crippen LogP contribution is -2.14. The van der Waals surface area contributed by atoms with Gasteiger partial charge in [-0.2, -0.15) is 0 Å². The molecule has 0 amide bonds. The topological polar surface area (TPSA) is 113 Å². The zero-order valence-electron chi connectivity index (χ0n) is 24.8. The maximum absolute atomic E-state index is 8.61. The van der Waals surface area contributed by atoms with Crippen molar-refractivity contribution in [1.82, 2.24) is 0 Å². The van der Waals surface area contributed by atoms with E-state index in [0.29, 0.717) is 101 Å². The van der Waals surface area contributed by atoms with Gasteiger partial charge in [-0.05, 0) is 48.2 Å². The smallest absolute Gasteiger partial charge is 0.203 e. The minimum absolute atomic E-state index is 0.0194. The number of methoxy groups -OCH3 is 4. The van der Waals surface area contributed by atoms with Crippen LogP contribution in [0.4, 0.5) is 0 Å². The molecule has 0 atom stereocenters.